The van der Waals surface area contributed by atoms with Gasteiger partial charge in [-0.1, -0.05) is 24.3 Å². The number of para-hydroxylation sites is 2. The zero-order valence-electron chi connectivity index (χ0n) is 19.1. The molecule has 2 N–H and O–H groups in total. The monoisotopic (exact) mass is 551 g/mol. The Morgan fingerprint density at radius 2 is 1.84 bits per heavy atom. The van der Waals surface area contributed by atoms with Crippen LogP contribution in [0.15, 0.2) is 53.5 Å². The number of hydrogen-bond acceptors (Lipinski definition) is 4. The van der Waals surface area contributed by atoms with E-state index in [0.717, 1.165) is 54.7 Å². The minimum absolute atomic E-state index is 0. The van der Waals surface area contributed by atoms with Crippen LogP contribution in [0.2, 0.25) is 0 Å². The molecule has 174 valence electrons. The molecule has 0 saturated carbocycles. The number of nitrogens with zero attached hydrogens (tertiary/aromatic N) is 3. The number of aliphatic imine (C=N–C) groups is 1. The zero-order chi connectivity index (χ0) is 21.9. The second-order valence-corrected chi connectivity index (χ2v) is 7.26. The van der Waals surface area contributed by atoms with Gasteiger partial charge in [0.05, 0.1) is 24.2 Å². The van der Waals surface area contributed by atoms with Crippen molar-refractivity contribution in [2.24, 2.45) is 4.99 Å². The summed E-state index contributed by atoms with van der Waals surface area (Å²) in [5.74, 6) is 2.73. The van der Waals surface area contributed by atoms with E-state index in [9.17, 15) is 0 Å². The van der Waals surface area contributed by atoms with E-state index in [4.69, 9.17) is 14.5 Å². The minimum atomic E-state index is 0. The second-order valence-electron chi connectivity index (χ2n) is 7.26. The molecule has 0 atom stereocenters. The summed E-state index contributed by atoms with van der Waals surface area (Å²) in [5.41, 5.74) is 3.38. The highest BCUT2D eigenvalue weighted by molar-refractivity contribution is 14.0. The topological polar surface area (TPSA) is 72.7 Å². The van der Waals surface area contributed by atoms with E-state index in [-0.39, 0.29) is 24.0 Å². The molecule has 0 spiro atoms. The number of aryl methyl sites for hydroxylation is 2. The van der Waals surface area contributed by atoms with E-state index in [1.165, 1.54) is 5.52 Å². The van der Waals surface area contributed by atoms with Crippen molar-refractivity contribution >= 4 is 41.0 Å². The van der Waals surface area contributed by atoms with Gasteiger partial charge in [-0.05, 0) is 50.1 Å². The van der Waals surface area contributed by atoms with Gasteiger partial charge in [-0.15, -0.1) is 24.0 Å². The predicted molar refractivity (Wildman–Crippen MR) is 141 cm³/mol. The third-order valence-electron chi connectivity index (χ3n) is 4.94. The summed E-state index contributed by atoms with van der Waals surface area (Å²) < 4.78 is 12.9. The third kappa shape index (κ3) is 7.67. The first-order chi connectivity index (χ1) is 15.2. The summed E-state index contributed by atoms with van der Waals surface area (Å²) in [6, 6.07) is 16.3. The van der Waals surface area contributed by atoms with Gasteiger partial charge < -0.3 is 24.7 Å². The highest BCUT2D eigenvalue weighted by Gasteiger charge is 2.06. The van der Waals surface area contributed by atoms with Gasteiger partial charge in [0.2, 0.25) is 0 Å². The number of halogens is 1. The van der Waals surface area contributed by atoms with E-state index in [1.54, 1.807) is 7.11 Å². The Bertz CT molecular complexity index is 972. The standard InChI is InChI=1S/C24H33N5O2.HI/c1-4-25-24(27-18-20-10-12-21(13-11-20)31-17-16-30-3)26-14-7-15-29-19(2)28-22-8-5-6-9-23(22)29;/h5-6,8-13H,4,7,14-18H2,1-3H3,(H2,25,26,27);1H. The van der Waals surface area contributed by atoms with Crippen LogP contribution in [0.5, 0.6) is 5.75 Å². The first-order valence-electron chi connectivity index (χ1n) is 10.9. The molecule has 0 unspecified atom stereocenters. The average molecular weight is 551 g/mol. The first kappa shape index (κ1) is 25.9. The van der Waals surface area contributed by atoms with E-state index in [1.807, 2.05) is 30.3 Å². The van der Waals surface area contributed by atoms with Gasteiger partial charge in [0.1, 0.15) is 18.2 Å². The molecule has 2 aromatic carbocycles. The largest absolute Gasteiger partial charge is 0.491 e. The van der Waals surface area contributed by atoms with Gasteiger partial charge in [-0.2, -0.15) is 0 Å². The van der Waals surface area contributed by atoms with Gasteiger partial charge in [-0.3, -0.25) is 0 Å². The number of methoxy groups -OCH3 is 1. The molecule has 0 saturated heterocycles. The number of guanidine groups is 1. The Labute approximate surface area is 207 Å². The summed E-state index contributed by atoms with van der Waals surface area (Å²) in [6.45, 7) is 8.46. The van der Waals surface area contributed by atoms with E-state index < -0.39 is 0 Å². The summed E-state index contributed by atoms with van der Waals surface area (Å²) in [4.78, 5) is 9.34. The lowest BCUT2D eigenvalue weighted by Gasteiger charge is -2.12. The fourth-order valence-corrected chi connectivity index (χ4v) is 3.37. The van der Waals surface area contributed by atoms with Crippen molar-refractivity contribution in [3.63, 3.8) is 0 Å². The molecule has 8 heteroatoms. The molecule has 3 rings (SSSR count). The lowest BCUT2D eigenvalue weighted by atomic mass is 10.2. The molecular weight excluding hydrogens is 517 g/mol. The van der Waals surface area contributed by atoms with Gasteiger partial charge in [-0.25, -0.2) is 9.98 Å². The molecule has 3 aromatic rings. The number of fused-ring (bicyclic) bond motifs is 1. The van der Waals surface area contributed by atoms with Gasteiger partial charge in [0.15, 0.2) is 5.96 Å². The predicted octanol–water partition coefficient (Wildman–Crippen LogP) is 4.13. The maximum absolute atomic E-state index is 5.60. The van der Waals surface area contributed by atoms with Crippen molar-refractivity contribution in [3.8, 4) is 5.75 Å². The molecule has 0 aliphatic carbocycles. The van der Waals surface area contributed by atoms with Crippen molar-refractivity contribution in [1.82, 2.24) is 20.2 Å². The van der Waals surface area contributed by atoms with Gasteiger partial charge in [0, 0.05) is 26.7 Å². The number of ether oxygens (including phenoxy) is 2. The molecule has 0 amide bonds. The Morgan fingerprint density at radius 3 is 2.59 bits per heavy atom. The average Bonchev–Trinajstić information content (AvgIpc) is 3.11. The zero-order valence-corrected chi connectivity index (χ0v) is 21.5. The van der Waals surface area contributed by atoms with E-state index >= 15 is 0 Å². The van der Waals surface area contributed by atoms with Crippen LogP contribution < -0.4 is 15.4 Å². The summed E-state index contributed by atoms with van der Waals surface area (Å²) in [7, 11) is 1.67. The van der Waals surface area contributed by atoms with Crippen LogP contribution in [-0.2, 0) is 17.8 Å². The van der Waals surface area contributed by atoms with Crippen LogP contribution in [0.3, 0.4) is 0 Å². The lowest BCUT2D eigenvalue weighted by Crippen LogP contribution is -2.38. The Balaban J connectivity index is 0.00000363. The van der Waals surface area contributed by atoms with Crippen LogP contribution >= 0.6 is 24.0 Å². The first-order valence-corrected chi connectivity index (χ1v) is 10.9. The Morgan fingerprint density at radius 1 is 1.06 bits per heavy atom. The Hall–Kier alpha value is -2.33. The number of imidazole rings is 1. The fourth-order valence-electron chi connectivity index (χ4n) is 3.37. The summed E-state index contributed by atoms with van der Waals surface area (Å²) in [6.07, 6.45) is 0.985. The number of hydrogen-bond donors (Lipinski definition) is 2. The fraction of sp³-hybridized carbons (Fsp3) is 0.417. The lowest BCUT2D eigenvalue weighted by molar-refractivity contribution is 0.146. The number of aromatic nitrogens is 2. The molecule has 0 aliphatic heterocycles. The maximum atomic E-state index is 5.60. The molecule has 0 fully saturated rings. The van der Waals surface area contributed by atoms with Crippen LogP contribution in [0.25, 0.3) is 11.0 Å². The minimum Gasteiger partial charge on any atom is -0.491 e. The normalized spacial score (nSPS) is 11.3. The van der Waals surface area contributed by atoms with Gasteiger partial charge in [0.25, 0.3) is 0 Å². The van der Waals surface area contributed by atoms with Gasteiger partial charge >= 0.3 is 0 Å². The summed E-state index contributed by atoms with van der Waals surface area (Å²) >= 11 is 0. The molecular formula is C24H34IN5O2. The van der Waals surface area contributed by atoms with Crippen molar-refractivity contribution in [2.45, 2.75) is 33.4 Å². The van der Waals surface area contributed by atoms with E-state index in [0.29, 0.717) is 19.8 Å². The number of nitrogens with one attached hydrogen (secondary N) is 2. The molecule has 0 bridgehead atoms. The van der Waals surface area contributed by atoms with Crippen molar-refractivity contribution in [1.29, 1.82) is 0 Å². The molecule has 0 aliphatic rings. The SMILES string of the molecule is CCNC(=NCc1ccc(OCCOC)cc1)NCCCn1c(C)nc2ccccc21.I. The van der Waals surface area contributed by atoms with E-state index in [2.05, 4.69) is 52.2 Å². The highest BCUT2D eigenvalue weighted by atomic mass is 127. The maximum Gasteiger partial charge on any atom is 0.191 e. The second kappa shape index (κ2) is 13.9. The highest BCUT2D eigenvalue weighted by Crippen LogP contribution is 2.15. The van der Waals surface area contributed by atoms with Crippen LogP contribution in [0, 0.1) is 6.92 Å². The van der Waals surface area contributed by atoms with Crippen molar-refractivity contribution in [3.05, 3.63) is 59.9 Å². The van der Waals surface area contributed by atoms with Crippen molar-refractivity contribution in [2.75, 3.05) is 33.4 Å². The number of benzene rings is 2. The summed E-state index contributed by atoms with van der Waals surface area (Å²) in [5, 5.41) is 6.75. The number of rotatable bonds is 11. The Kier molecular flexibility index (Phi) is 11.3. The van der Waals surface area contributed by atoms with Crippen LogP contribution in [-0.4, -0.2) is 48.9 Å². The third-order valence-corrected chi connectivity index (χ3v) is 4.94. The molecule has 0 radical (unpaired) electrons. The van der Waals surface area contributed by atoms with Crippen LogP contribution in [0.4, 0.5) is 0 Å². The molecule has 1 aromatic heterocycles. The molecule has 7 nitrogen and oxygen atoms in total. The quantitative estimate of drug-likeness (QED) is 0.162. The van der Waals surface area contributed by atoms with Crippen LogP contribution in [0.1, 0.15) is 24.7 Å². The smallest absolute Gasteiger partial charge is 0.191 e. The molecule has 1 heterocycles. The van der Waals surface area contributed by atoms with Crippen molar-refractivity contribution < 1.29 is 9.47 Å². The molecule has 32 heavy (non-hydrogen) atoms.